The van der Waals surface area contributed by atoms with E-state index in [2.05, 4.69) is 0 Å². The molecular weight excluding hydrogens is 190 g/mol. The maximum atomic E-state index is 11.9. The van der Waals surface area contributed by atoms with E-state index in [0.717, 1.165) is 19.3 Å². The third-order valence-electron chi connectivity index (χ3n) is 3.90. The van der Waals surface area contributed by atoms with Crippen LogP contribution in [0, 0.1) is 11.3 Å². The summed E-state index contributed by atoms with van der Waals surface area (Å²) in [6.45, 7) is 5.74. The molecule has 0 aliphatic heterocycles. The molecule has 0 aromatic heterocycles. The molecule has 0 bridgehead atoms. The molecule has 2 N–H and O–H groups in total. The molecule has 2 rings (SSSR count). The summed E-state index contributed by atoms with van der Waals surface area (Å²) < 4.78 is 5.43. The molecule has 2 aliphatic carbocycles. The highest BCUT2D eigenvalue weighted by molar-refractivity contribution is 5.76. The first kappa shape index (κ1) is 10.9. The van der Waals surface area contributed by atoms with E-state index < -0.39 is 0 Å². The highest BCUT2D eigenvalue weighted by Crippen LogP contribution is 2.59. The second-order valence-electron chi connectivity index (χ2n) is 6.01. The van der Waals surface area contributed by atoms with Crippen LogP contribution in [0.4, 0.5) is 0 Å². The van der Waals surface area contributed by atoms with Crippen LogP contribution in [0.5, 0.6) is 0 Å². The Morgan fingerprint density at radius 2 is 2.00 bits per heavy atom. The molecule has 0 aromatic rings. The van der Waals surface area contributed by atoms with Crippen molar-refractivity contribution in [2.75, 3.05) is 0 Å². The van der Waals surface area contributed by atoms with Crippen molar-refractivity contribution >= 4 is 5.97 Å². The summed E-state index contributed by atoms with van der Waals surface area (Å²) in [5, 5.41) is 0. The molecule has 0 saturated heterocycles. The minimum Gasteiger partial charge on any atom is -0.460 e. The fourth-order valence-corrected chi connectivity index (χ4v) is 2.83. The van der Waals surface area contributed by atoms with Gasteiger partial charge in [-0.15, -0.1) is 0 Å². The molecule has 0 amide bonds. The predicted octanol–water partition coefficient (Wildman–Crippen LogP) is 1.85. The highest BCUT2D eigenvalue weighted by atomic mass is 16.6. The summed E-state index contributed by atoms with van der Waals surface area (Å²) in [4.78, 5) is 11.9. The first-order valence-corrected chi connectivity index (χ1v) is 5.84. The molecule has 2 saturated carbocycles. The Bertz CT molecular complexity index is 276. The van der Waals surface area contributed by atoms with Gasteiger partial charge >= 0.3 is 5.97 Å². The van der Waals surface area contributed by atoms with Gasteiger partial charge in [0.25, 0.3) is 0 Å². The standard InChI is InChI=1S/C12H21NO2/c1-11(2,3)15-10(14)8-7-9(13)12(8)5-4-6-12/h8-9H,4-7,13H2,1-3H3/t8-,9-/m0/s1. The fourth-order valence-electron chi connectivity index (χ4n) is 2.83. The fraction of sp³-hybridized carbons (Fsp3) is 0.917. The van der Waals surface area contributed by atoms with E-state index in [1.165, 1.54) is 6.42 Å². The predicted molar refractivity (Wildman–Crippen MR) is 58.2 cm³/mol. The van der Waals surface area contributed by atoms with Gasteiger partial charge in [0.05, 0.1) is 5.92 Å². The van der Waals surface area contributed by atoms with Gasteiger partial charge in [0.1, 0.15) is 5.60 Å². The van der Waals surface area contributed by atoms with Gasteiger partial charge < -0.3 is 10.5 Å². The summed E-state index contributed by atoms with van der Waals surface area (Å²) in [7, 11) is 0. The van der Waals surface area contributed by atoms with Crippen LogP contribution in [-0.2, 0) is 9.53 Å². The van der Waals surface area contributed by atoms with E-state index in [9.17, 15) is 4.79 Å². The molecule has 0 aromatic carbocycles. The number of carbonyl (C=O) groups is 1. The van der Waals surface area contributed by atoms with Gasteiger partial charge in [0, 0.05) is 6.04 Å². The van der Waals surface area contributed by atoms with Crippen LogP contribution in [0.1, 0.15) is 46.5 Å². The van der Waals surface area contributed by atoms with E-state index >= 15 is 0 Å². The average molecular weight is 211 g/mol. The van der Waals surface area contributed by atoms with Crippen molar-refractivity contribution in [2.45, 2.75) is 58.1 Å². The van der Waals surface area contributed by atoms with E-state index in [-0.39, 0.29) is 28.9 Å². The van der Waals surface area contributed by atoms with Gasteiger partial charge in [0.15, 0.2) is 0 Å². The van der Waals surface area contributed by atoms with Gasteiger partial charge in [-0.1, -0.05) is 6.42 Å². The zero-order valence-corrected chi connectivity index (χ0v) is 9.88. The summed E-state index contributed by atoms with van der Waals surface area (Å²) >= 11 is 0. The monoisotopic (exact) mass is 211 g/mol. The average Bonchev–Trinajstić information content (AvgIpc) is 1.92. The second kappa shape index (κ2) is 3.21. The van der Waals surface area contributed by atoms with Crippen LogP contribution < -0.4 is 5.73 Å². The van der Waals surface area contributed by atoms with Crippen molar-refractivity contribution in [1.29, 1.82) is 0 Å². The highest BCUT2D eigenvalue weighted by Gasteiger charge is 2.60. The van der Waals surface area contributed by atoms with Gasteiger partial charge in [-0.25, -0.2) is 0 Å². The molecule has 2 atom stereocenters. The number of hydrogen-bond acceptors (Lipinski definition) is 3. The van der Waals surface area contributed by atoms with Crippen molar-refractivity contribution < 1.29 is 9.53 Å². The topological polar surface area (TPSA) is 52.3 Å². The van der Waals surface area contributed by atoms with Crippen LogP contribution in [0.3, 0.4) is 0 Å². The minimum atomic E-state index is -0.373. The van der Waals surface area contributed by atoms with Gasteiger partial charge in [-0.3, -0.25) is 4.79 Å². The maximum Gasteiger partial charge on any atom is 0.310 e. The number of hydrogen-bond donors (Lipinski definition) is 1. The Balaban J connectivity index is 1.98. The summed E-state index contributed by atoms with van der Waals surface area (Å²) in [6, 6.07) is 0.226. The SMILES string of the molecule is CC(C)(C)OC(=O)[C@@H]1C[C@H](N)C12CCC2. The van der Waals surface area contributed by atoms with Gasteiger partial charge in [-0.2, -0.15) is 0 Å². The quantitative estimate of drug-likeness (QED) is 0.673. The molecule has 2 fully saturated rings. The lowest BCUT2D eigenvalue weighted by Gasteiger charge is -2.59. The van der Waals surface area contributed by atoms with E-state index in [0.29, 0.717) is 0 Å². The smallest absolute Gasteiger partial charge is 0.310 e. The molecule has 86 valence electrons. The largest absolute Gasteiger partial charge is 0.460 e. The summed E-state index contributed by atoms with van der Waals surface area (Å²) in [5.41, 5.74) is 5.74. The van der Waals surface area contributed by atoms with Gasteiger partial charge in [0.2, 0.25) is 0 Å². The van der Waals surface area contributed by atoms with Gasteiger partial charge in [-0.05, 0) is 45.4 Å². The number of ether oxygens (including phenoxy) is 1. The number of rotatable bonds is 1. The lowest BCUT2D eigenvalue weighted by Crippen LogP contribution is -2.64. The molecule has 3 heteroatoms. The Morgan fingerprint density at radius 1 is 1.40 bits per heavy atom. The third kappa shape index (κ3) is 1.67. The minimum absolute atomic E-state index is 0.0381. The maximum absolute atomic E-state index is 11.9. The Hall–Kier alpha value is -0.570. The summed E-state index contributed by atoms with van der Waals surface area (Å²) in [6.07, 6.45) is 4.25. The summed E-state index contributed by atoms with van der Waals surface area (Å²) in [5.74, 6) is 0.0318. The number of nitrogens with two attached hydrogens (primary N) is 1. The normalized spacial score (nSPS) is 33.1. The number of esters is 1. The van der Waals surface area contributed by atoms with Crippen molar-refractivity contribution in [3.63, 3.8) is 0 Å². The third-order valence-corrected chi connectivity index (χ3v) is 3.90. The number of carbonyl (C=O) groups excluding carboxylic acids is 1. The lowest BCUT2D eigenvalue weighted by molar-refractivity contribution is -0.182. The molecular formula is C12H21NO2. The Morgan fingerprint density at radius 3 is 2.33 bits per heavy atom. The zero-order chi connectivity index (χ0) is 11.3. The molecule has 3 nitrogen and oxygen atoms in total. The molecule has 2 aliphatic rings. The van der Waals surface area contributed by atoms with Crippen LogP contribution in [0.25, 0.3) is 0 Å². The van der Waals surface area contributed by atoms with Crippen LogP contribution in [-0.4, -0.2) is 17.6 Å². The Labute approximate surface area is 91.4 Å². The van der Waals surface area contributed by atoms with E-state index in [4.69, 9.17) is 10.5 Å². The van der Waals surface area contributed by atoms with Crippen molar-refractivity contribution in [3.8, 4) is 0 Å². The van der Waals surface area contributed by atoms with Crippen molar-refractivity contribution in [1.82, 2.24) is 0 Å². The lowest BCUT2D eigenvalue weighted by atomic mass is 9.47. The van der Waals surface area contributed by atoms with E-state index in [1.807, 2.05) is 20.8 Å². The van der Waals surface area contributed by atoms with Crippen LogP contribution in [0.2, 0.25) is 0 Å². The van der Waals surface area contributed by atoms with Crippen molar-refractivity contribution in [3.05, 3.63) is 0 Å². The molecule has 0 radical (unpaired) electrons. The first-order valence-electron chi connectivity index (χ1n) is 5.84. The first-order chi connectivity index (χ1) is 6.85. The second-order valence-corrected chi connectivity index (χ2v) is 6.01. The zero-order valence-electron chi connectivity index (χ0n) is 9.88. The van der Waals surface area contributed by atoms with E-state index in [1.54, 1.807) is 0 Å². The van der Waals surface area contributed by atoms with Crippen molar-refractivity contribution in [2.24, 2.45) is 17.1 Å². The Kier molecular flexibility index (Phi) is 2.34. The molecule has 0 unspecified atom stereocenters. The van der Waals surface area contributed by atoms with Crippen LogP contribution >= 0.6 is 0 Å². The van der Waals surface area contributed by atoms with Crippen LogP contribution in [0.15, 0.2) is 0 Å². The molecule has 0 heterocycles. The molecule has 15 heavy (non-hydrogen) atoms. The molecule has 1 spiro atoms.